The van der Waals surface area contributed by atoms with Gasteiger partial charge in [0.05, 0.1) is 6.61 Å². The van der Waals surface area contributed by atoms with Crippen LogP contribution in [0.5, 0.6) is 5.75 Å². The van der Waals surface area contributed by atoms with Gasteiger partial charge in [-0.15, -0.1) is 0 Å². The fourth-order valence-electron chi connectivity index (χ4n) is 4.81. The van der Waals surface area contributed by atoms with E-state index in [-0.39, 0.29) is 5.91 Å². The molecule has 1 saturated carbocycles. The highest BCUT2D eigenvalue weighted by molar-refractivity contribution is 5.97. The highest BCUT2D eigenvalue weighted by atomic mass is 16.5. The lowest BCUT2D eigenvalue weighted by Crippen LogP contribution is -2.48. The average Bonchev–Trinajstić information content (AvgIpc) is 2.78. The van der Waals surface area contributed by atoms with Crippen molar-refractivity contribution < 1.29 is 14.3 Å². The molecule has 1 aromatic rings. The smallest absolute Gasteiger partial charge is 0.256 e. The van der Waals surface area contributed by atoms with Gasteiger partial charge in [-0.05, 0) is 94.0 Å². The lowest BCUT2D eigenvalue weighted by atomic mass is 9.78. The molecule has 2 fully saturated rings. The number of piperidine rings is 1. The van der Waals surface area contributed by atoms with E-state index in [1.165, 1.54) is 25.9 Å². The molecule has 1 aliphatic carbocycles. The molecule has 1 aromatic carbocycles. The van der Waals surface area contributed by atoms with Crippen molar-refractivity contribution in [3.63, 3.8) is 0 Å². The van der Waals surface area contributed by atoms with Gasteiger partial charge in [-0.2, -0.15) is 0 Å². The van der Waals surface area contributed by atoms with Gasteiger partial charge in [0.15, 0.2) is 0 Å². The summed E-state index contributed by atoms with van der Waals surface area (Å²) in [6.07, 6.45) is 8.34. The monoisotopic (exact) mass is 430 g/mol. The molecule has 2 aliphatic rings. The summed E-state index contributed by atoms with van der Waals surface area (Å²) in [6.45, 7) is 11.6. The number of benzene rings is 1. The van der Waals surface area contributed by atoms with E-state index in [1.807, 2.05) is 24.3 Å². The Labute approximate surface area is 188 Å². The van der Waals surface area contributed by atoms with Crippen molar-refractivity contribution in [2.75, 3.05) is 38.2 Å². The topological polar surface area (TPSA) is 50.8 Å². The van der Waals surface area contributed by atoms with Crippen molar-refractivity contribution in [2.24, 2.45) is 11.8 Å². The Kier molecular flexibility index (Phi) is 9.21. The molecule has 1 saturated heterocycles. The molecule has 0 radical (unpaired) electrons. The third-order valence-electron chi connectivity index (χ3n) is 6.82. The van der Waals surface area contributed by atoms with Crippen molar-refractivity contribution in [1.29, 1.82) is 0 Å². The Morgan fingerprint density at radius 1 is 1.10 bits per heavy atom. The van der Waals surface area contributed by atoms with Gasteiger partial charge in [-0.1, -0.05) is 20.8 Å². The summed E-state index contributed by atoms with van der Waals surface area (Å²) in [7, 11) is 0. The molecular weight excluding hydrogens is 388 g/mol. The summed E-state index contributed by atoms with van der Waals surface area (Å²) in [6, 6.07) is 7.75. The molecule has 1 atom stereocenters. The number of nitrogens with zero attached hydrogens (tertiary/aromatic N) is 1. The Balaban J connectivity index is 1.45. The number of hydrogen-bond acceptors (Lipinski definition) is 4. The van der Waals surface area contributed by atoms with Crippen LogP contribution in [0, 0.1) is 11.8 Å². The van der Waals surface area contributed by atoms with Crippen molar-refractivity contribution in [3.8, 4) is 5.75 Å². The predicted octanol–water partition coefficient (Wildman–Crippen LogP) is 5.50. The zero-order valence-electron chi connectivity index (χ0n) is 19.8. The molecular formula is C26H42N2O3. The number of rotatable bonds is 10. The van der Waals surface area contributed by atoms with Crippen LogP contribution in [-0.4, -0.2) is 49.3 Å². The summed E-state index contributed by atoms with van der Waals surface area (Å²) < 4.78 is 12.0. The molecule has 0 unspecified atom stereocenters. The zero-order chi connectivity index (χ0) is 22.1. The number of carbonyl (C=O) groups excluding carboxylic acids is 1. The van der Waals surface area contributed by atoms with Crippen molar-refractivity contribution in [2.45, 2.75) is 77.7 Å². The number of anilines is 1. The van der Waals surface area contributed by atoms with Crippen LogP contribution in [0.3, 0.4) is 0 Å². The van der Waals surface area contributed by atoms with Crippen LogP contribution in [0.15, 0.2) is 24.3 Å². The summed E-state index contributed by atoms with van der Waals surface area (Å²) in [5, 5.41) is 3.09. The Morgan fingerprint density at radius 3 is 2.52 bits per heavy atom. The number of ether oxygens (including phenoxy) is 2. The van der Waals surface area contributed by atoms with Crippen molar-refractivity contribution in [3.05, 3.63) is 24.3 Å². The second-order valence-corrected chi connectivity index (χ2v) is 9.75. The van der Waals surface area contributed by atoms with Crippen LogP contribution in [0.25, 0.3) is 0 Å². The third kappa shape index (κ3) is 7.21. The highest BCUT2D eigenvalue weighted by Gasteiger charge is 2.42. The molecule has 0 spiro atoms. The molecule has 0 aromatic heterocycles. The fourth-order valence-corrected chi connectivity index (χ4v) is 4.81. The molecule has 1 heterocycles. The highest BCUT2D eigenvalue weighted by Crippen LogP contribution is 2.36. The molecule has 0 bridgehead atoms. The molecule has 174 valence electrons. The molecule has 5 nitrogen and oxygen atoms in total. The Morgan fingerprint density at radius 2 is 1.84 bits per heavy atom. The second kappa shape index (κ2) is 11.9. The van der Waals surface area contributed by atoms with Gasteiger partial charge in [0, 0.05) is 25.4 Å². The van der Waals surface area contributed by atoms with E-state index in [9.17, 15) is 4.79 Å². The minimum Gasteiger partial charge on any atom is -0.494 e. The minimum absolute atomic E-state index is 0.00252. The van der Waals surface area contributed by atoms with E-state index in [4.69, 9.17) is 9.47 Å². The molecule has 1 N–H and O–H groups in total. The fraction of sp³-hybridized carbons (Fsp3) is 0.731. The van der Waals surface area contributed by atoms with Gasteiger partial charge in [0.2, 0.25) is 0 Å². The molecule has 1 aliphatic heterocycles. The van der Waals surface area contributed by atoms with Gasteiger partial charge in [-0.25, -0.2) is 0 Å². The summed E-state index contributed by atoms with van der Waals surface area (Å²) in [5.74, 6) is 2.34. The maximum Gasteiger partial charge on any atom is 0.256 e. The van der Waals surface area contributed by atoms with E-state index in [0.29, 0.717) is 12.5 Å². The first-order chi connectivity index (χ1) is 15.0. The first-order valence-electron chi connectivity index (χ1n) is 12.4. The summed E-state index contributed by atoms with van der Waals surface area (Å²) >= 11 is 0. The first-order valence-corrected chi connectivity index (χ1v) is 12.4. The van der Waals surface area contributed by atoms with Gasteiger partial charge in [0.25, 0.3) is 5.91 Å². The van der Waals surface area contributed by atoms with Crippen LogP contribution >= 0.6 is 0 Å². The normalized spacial score (nSPS) is 27.1. The number of amides is 1. The molecule has 3 rings (SSSR count). The van der Waals surface area contributed by atoms with Crippen LogP contribution in [-0.2, 0) is 9.53 Å². The average molecular weight is 431 g/mol. The Bertz CT molecular complexity index is 662. The van der Waals surface area contributed by atoms with Gasteiger partial charge in [-0.3, -0.25) is 4.79 Å². The standard InChI is InChI=1S/C26H42N2O3/c1-4-18-31-26(14-12-21(2)13-15-26)25(29)27-23-8-10-24(11-9-23)30-19-6-17-28-16-5-7-22(3)20-28/h8-11,21-22H,4-7,12-20H2,1-3H3,(H,27,29)/t21?,22-,26?/m1/s1. The number of nitrogens with one attached hydrogen (secondary N) is 1. The lowest BCUT2D eigenvalue weighted by molar-refractivity contribution is -0.147. The first kappa shape index (κ1) is 24.1. The minimum atomic E-state index is -0.677. The SMILES string of the molecule is CCCOC1(C(=O)Nc2ccc(OCCCN3CCC[C@@H](C)C3)cc2)CCC(C)CC1. The maximum absolute atomic E-state index is 13.1. The van der Waals surface area contributed by atoms with Crippen LogP contribution in [0.2, 0.25) is 0 Å². The van der Waals surface area contributed by atoms with Crippen LogP contribution < -0.4 is 10.1 Å². The second-order valence-electron chi connectivity index (χ2n) is 9.75. The maximum atomic E-state index is 13.1. The summed E-state index contributed by atoms with van der Waals surface area (Å²) in [4.78, 5) is 15.7. The molecule has 5 heteroatoms. The van der Waals surface area contributed by atoms with E-state index in [0.717, 1.165) is 69.0 Å². The lowest BCUT2D eigenvalue weighted by Gasteiger charge is -2.38. The van der Waals surface area contributed by atoms with Gasteiger partial charge < -0.3 is 19.7 Å². The van der Waals surface area contributed by atoms with Gasteiger partial charge in [0.1, 0.15) is 11.4 Å². The molecule has 31 heavy (non-hydrogen) atoms. The van der Waals surface area contributed by atoms with Crippen molar-refractivity contribution >= 4 is 11.6 Å². The quantitative estimate of drug-likeness (QED) is 0.498. The third-order valence-corrected chi connectivity index (χ3v) is 6.82. The van der Waals surface area contributed by atoms with Crippen LogP contribution in [0.1, 0.15) is 72.1 Å². The van der Waals surface area contributed by atoms with E-state index >= 15 is 0 Å². The van der Waals surface area contributed by atoms with E-state index in [2.05, 4.69) is 31.0 Å². The zero-order valence-corrected chi connectivity index (χ0v) is 19.8. The number of carbonyl (C=O) groups is 1. The van der Waals surface area contributed by atoms with E-state index < -0.39 is 5.60 Å². The number of likely N-dealkylation sites (tertiary alicyclic amines) is 1. The summed E-state index contributed by atoms with van der Waals surface area (Å²) in [5.41, 5.74) is 0.127. The van der Waals surface area contributed by atoms with E-state index in [1.54, 1.807) is 0 Å². The van der Waals surface area contributed by atoms with Crippen molar-refractivity contribution in [1.82, 2.24) is 4.90 Å². The number of hydrogen-bond donors (Lipinski definition) is 1. The van der Waals surface area contributed by atoms with Gasteiger partial charge >= 0.3 is 0 Å². The molecule has 1 amide bonds. The largest absolute Gasteiger partial charge is 0.494 e. The van der Waals surface area contributed by atoms with Crippen LogP contribution in [0.4, 0.5) is 5.69 Å². The Hall–Kier alpha value is -1.59. The predicted molar refractivity (Wildman–Crippen MR) is 127 cm³/mol.